The van der Waals surface area contributed by atoms with E-state index in [1.54, 1.807) is 24.5 Å². The summed E-state index contributed by atoms with van der Waals surface area (Å²) in [6.45, 7) is 5.42. The summed E-state index contributed by atoms with van der Waals surface area (Å²) in [6.07, 6.45) is 3.17. The average molecular weight is 544 g/mol. The van der Waals surface area contributed by atoms with Gasteiger partial charge in [0.05, 0.1) is 29.3 Å². The monoisotopic (exact) mass is 543 g/mol. The van der Waals surface area contributed by atoms with E-state index in [9.17, 15) is 4.79 Å². The van der Waals surface area contributed by atoms with E-state index in [0.29, 0.717) is 27.4 Å². The van der Waals surface area contributed by atoms with Gasteiger partial charge in [-0.2, -0.15) is 0 Å². The van der Waals surface area contributed by atoms with Crippen LogP contribution in [0, 0.1) is 9.49 Å². The quantitative estimate of drug-likeness (QED) is 0.194. The first-order valence-electron chi connectivity index (χ1n) is 8.86. The van der Waals surface area contributed by atoms with Crippen LogP contribution in [0.3, 0.4) is 0 Å². The Morgan fingerprint density at radius 1 is 1.40 bits per heavy atom. The van der Waals surface area contributed by atoms with Gasteiger partial charge in [-0.15, -0.1) is 0 Å². The number of aromatic nitrogens is 1. The number of nitrogens with zero attached hydrogens (tertiary/aromatic N) is 1. The maximum atomic E-state index is 12.7. The fourth-order valence-electron chi connectivity index (χ4n) is 2.53. The molecule has 8 nitrogen and oxygen atoms in total. The Labute approximate surface area is 191 Å². The number of amides is 1. The number of benzene rings is 1. The first kappa shape index (κ1) is 22.2. The zero-order valence-corrected chi connectivity index (χ0v) is 18.9. The standard InChI is InChI=1S/C20H19ClIN3O5/c1-11(9-28-12(2)26)10-29-25-20(27)19-18(14-8-23-6-5-17(14)30-19)24-16-4-3-13(22)7-15(16)21/h3-8,11,24,26H,2,9-10H2,1H3,(H,25,27)/t11-/m1/s1. The summed E-state index contributed by atoms with van der Waals surface area (Å²) in [6, 6.07) is 7.17. The third-order valence-electron chi connectivity index (χ3n) is 3.95. The topological polar surface area (TPSA) is 106 Å². The maximum Gasteiger partial charge on any atom is 0.312 e. The van der Waals surface area contributed by atoms with Gasteiger partial charge in [0.1, 0.15) is 11.3 Å². The van der Waals surface area contributed by atoms with Gasteiger partial charge in [0.2, 0.25) is 5.76 Å². The van der Waals surface area contributed by atoms with Crippen LogP contribution in [0.25, 0.3) is 11.0 Å². The lowest BCUT2D eigenvalue weighted by Crippen LogP contribution is -2.27. The molecule has 3 rings (SSSR count). The number of hydrogen-bond acceptors (Lipinski definition) is 7. The Balaban J connectivity index is 1.77. The highest BCUT2D eigenvalue weighted by Gasteiger charge is 2.22. The van der Waals surface area contributed by atoms with Crippen molar-refractivity contribution in [2.45, 2.75) is 6.92 Å². The minimum atomic E-state index is -0.574. The molecule has 2 heterocycles. The predicted molar refractivity (Wildman–Crippen MR) is 122 cm³/mol. The van der Waals surface area contributed by atoms with Gasteiger partial charge >= 0.3 is 5.91 Å². The Bertz CT molecular complexity index is 1070. The highest BCUT2D eigenvalue weighted by Crippen LogP contribution is 2.35. The highest BCUT2D eigenvalue weighted by atomic mass is 127. The first-order valence-corrected chi connectivity index (χ1v) is 10.3. The Hall–Kier alpha value is -2.50. The summed E-state index contributed by atoms with van der Waals surface area (Å²) in [5.74, 6) is -1.01. The van der Waals surface area contributed by atoms with E-state index in [0.717, 1.165) is 3.57 Å². The van der Waals surface area contributed by atoms with Gasteiger partial charge in [0.15, 0.2) is 0 Å². The number of halogens is 2. The zero-order chi connectivity index (χ0) is 21.7. The highest BCUT2D eigenvalue weighted by molar-refractivity contribution is 14.1. The third-order valence-corrected chi connectivity index (χ3v) is 4.94. The van der Waals surface area contributed by atoms with Gasteiger partial charge in [-0.05, 0) is 53.4 Å². The molecular formula is C20H19ClIN3O5. The van der Waals surface area contributed by atoms with E-state index in [4.69, 9.17) is 30.7 Å². The second-order valence-corrected chi connectivity index (χ2v) is 8.13. The smallest absolute Gasteiger partial charge is 0.312 e. The number of hydrogen-bond donors (Lipinski definition) is 3. The van der Waals surface area contributed by atoms with Crippen molar-refractivity contribution in [1.29, 1.82) is 0 Å². The summed E-state index contributed by atoms with van der Waals surface area (Å²) >= 11 is 8.49. The normalized spacial score (nSPS) is 11.8. The number of aliphatic hydroxyl groups is 1. The lowest BCUT2D eigenvalue weighted by molar-refractivity contribution is -0.00424. The minimum Gasteiger partial charge on any atom is -0.481 e. The Morgan fingerprint density at radius 3 is 2.93 bits per heavy atom. The predicted octanol–water partition coefficient (Wildman–Crippen LogP) is 5.17. The number of furan rings is 1. The largest absolute Gasteiger partial charge is 0.481 e. The molecule has 2 aromatic heterocycles. The number of aliphatic hydroxyl groups excluding tert-OH is 1. The van der Waals surface area contributed by atoms with Crippen LogP contribution in [-0.2, 0) is 9.57 Å². The molecule has 0 aliphatic rings. The van der Waals surface area contributed by atoms with E-state index < -0.39 is 5.91 Å². The van der Waals surface area contributed by atoms with Crippen molar-refractivity contribution in [3.05, 3.63) is 63.5 Å². The number of carbonyl (C=O) groups is 1. The molecule has 10 heteroatoms. The molecule has 0 bridgehead atoms. The van der Waals surface area contributed by atoms with E-state index in [-0.39, 0.29) is 30.8 Å². The van der Waals surface area contributed by atoms with Crippen molar-refractivity contribution in [2.75, 3.05) is 18.5 Å². The van der Waals surface area contributed by atoms with Crippen LogP contribution in [-0.4, -0.2) is 29.2 Å². The first-order chi connectivity index (χ1) is 14.3. The van der Waals surface area contributed by atoms with Gasteiger partial charge in [-0.25, -0.2) is 5.48 Å². The Kier molecular flexibility index (Phi) is 7.40. The maximum absolute atomic E-state index is 12.7. The van der Waals surface area contributed by atoms with E-state index in [1.165, 1.54) is 0 Å². The molecule has 0 radical (unpaired) electrons. The van der Waals surface area contributed by atoms with Gasteiger partial charge in [-0.1, -0.05) is 18.5 Å². The van der Waals surface area contributed by atoms with Crippen LogP contribution in [0.4, 0.5) is 11.4 Å². The van der Waals surface area contributed by atoms with E-state index in [2.05, 4.69) is 45.0 Å². The number of rotatable bonds is 9. The van der Waals surface area contributed by atoms with Crippen molar-refractivity contribution >= 4 is 62.4 Å². The molecule has 0 unspecified atom stereocenters. The fourth-order valence-corrected chi connectivity index (χ4v) is 3.44. The van der Waals surface area contributed by atoms with Gasteiger partial charge in [0.25, 0.3) is 5.95 Å². The molecule has 0 saturated carbocycles. The third kappa shape index (κ3) is 5.55. The molecule has 1 atom stereocenters. The molecule has 0 saturated heterocycles. The molecular weight excluding hydrogens is 525 g/mol. The summed E-state index contributed by atoms with van der Waals surface area (Å²) in [7, 11) is 0. The summed E-state index contributed by atoms with van der Waals surface area (Å²) < 4.78 is 11.6. The summed E-state index contributed by atoms with van der Waals surface area (Å²) in [5.41, 5.74) is 3.89. The van der Waals surface area contributed by atoms with Crippen molar-refractivity contribution < 1.29 is 23.9 Å². The van der Waals surface area contributed by atoms with Crippen LogP contribution in [0.2, 0.25) is 5.02 Å². The van der Waals surface area contributed by atoms with Crippen molar-refractivity contribution in [1.82, 2.24) is 10.5 Å². The molecule has 3 N–H and O–H groups in total. The number of anilines is 2. The van der Waals surface area contributed by atoms with Crippen LogP contribution in [0.15, 0.2) is 53.6 Å². The molecule has 0 aliphatic carbocycles. The second kappa shape index (κ2) is 10.0. The van der Waals surface area contributed by atoms with Crippen molar-refractivity contribution in [3.63, 3.8) is 0 Å². The van der Waals surface area contributed by atoms with Gasteiger partial charge in [-0.3, -0.25) is 14.6 Å². The van der Waals surface area contributed by atoms with Crippen LogP contribution in [0.5, 0.6) is 0 Å². The van der Waals surface area contributed by atoms with Gasteiger partial charge < -0.3 is 19.6 Å². The number of fused-ring (bicyclic) bond motifs is 1. The lowest BCUT2D eigenvalue weighted by Gasteiger charge is -2.13. The molecule has 158 valence electrons. The fraction of sp³-hybridized carbons (Fsp3) is 0.200. The van der Waals surface area contributed by atoms with Gasteiger partial charge in [0, 0.05) is 21.9 Å². The number of pyridine rings is 1. The molecule has 30 heavy (non-hydrogen) atoms. The number of hydroxylamine groups is 1. The Morgan fingerprint density at radius 2 is 2.20 bits per heavy atom. The van der Waals surface area contributed by atoms with Crippen LogP contribution >= 0.6 is 34.2 Å². The molecule has 0 aliphatic heterocycles. The number of nitrogens with one attached hydrogen (secondary N) is 2. The number of carbonyl (C=O) groups excluding carboxylic acids is 1. The molecule has 1 aromatic carbocycles. The van der Waals surface area contributed by atoms with Crippen molar-refractivity contribution in [3.8, 4) is 0 Å². The molecule has 0 fully saturated rings. The van der Waals surface area contributed by atoms with Crippen LogP contribution < -0.4 is 10.8 Å². The van der Waals surface area contributed by atoms with E-state index >= 15 is 0 Å². The van der Waals surface area contributed by atoms with Crippen LogP contribution in [0.1, 0.15) is 17.5 Å². The lowest BCUT2D eigenvalue weighted by atomic mass is 10.2. The SMILES string of the molecule is C=C(O)OC[C@@H](C)CONC(=O)c1oc2ccncc2c1Nc1ccc(I)cc1Cl. The number of ether oxygens (including phenoxy) is 1. The summed E-state index contributed by atoms with van der Waals surface area (Å²) in [4.78, 5) is 22.1. The van der Waals surface area contributed by atoms with Crippen molar-refractivity contribution in [2.24, 2.45) is 5.92 Å². The van der Waals surface area contributed by atoms with E-state index in [1.807, 2.05) is 19.1 Å². The molecule has 3 aromatic rings. The molecule has 1 amide bonds. The zero-order valence-electron chi connectivity index (χ0n) is 15.9. The average Bonchev–Trinajstić information content (AvgIpc) is 3.07. The second-order valence-electron chi connectivity index (χ2n) is 6.48. The minimum absolute atomic E-state index is 0.0280. The summed E-state index contributed by atoms with van der Waals surface area (Å²) in [5, 5.41) is 13.2. The molecule has 0 spiro atoms.